The van der Waals surface area contributed by atoms with Crippen LogP contribution in [0.1, 0.15) is 18.9 Å². The second kappa shape index (κ2) is 7.62. The lowest BCUT2D eigenvalue weighted by molar-refractivity contribution is -0.113. The van der Waals surface area contributed by atoms with Crippen LogP contribution in [0.4, 0.5) is 5.13 Å². The fraction of sp³-hybridized carbons (Fsp3) is 0.700. The molecule has 1 rings (SSSR count). The van der Waals surface area contributed by atoms with Crippen molar-refractivity contribution in [2.45, 2.75) is 20.3 Å². The molecule has 0 bridgehead atoms. The molecule has 0 radical (unpaired) electrons. The summed E-state index contributed by atoms with van der Waals surface area (Å²) < 4.78 is 0. The van der Waals surface area contributed by atoms with Crippen LogP contribution in [0.5, 0.6) is 0 Å². The Morgan fingerprint density at radius 3 is 2.94 bits per heavy atom. The summed E-state index contributed by atoms with van der Waals surface area (Å²) >= 11 is 2.96. The zero-order valence-corrected chi connectivity index (χ0v) is 11.7. The molecule has 17 heavy (non-hydrogen) atoms. The van der Waals surface area contributed by atoms with E-state index in [1.165, 1.54) is 23.1 Å². The molecule has 0 aromatic carbocycles. The van der Waals surface area contributed by atoms with Gasteiger partial charge in [-0.3, -0.25) is 10.1 Å². The number of carbonyl (C=O) groups excluding carboxylic acids is 1. The Hall–Kier alpha value is -0.660. The Morgan fingerprint density at radius 1 is 1.53 bits per heavy atom. The van der Waals surface area contributed by atoms with Gasteiger partial charge in [0.25, 0.3) is 0 Å². The highest BCUT2D eigenvalue weighted by atomic mass is 32.2. The van der Waals surface area contributed by atoms with Crippen LogP contribution in [0.25, 0.3) is 0 Å². The van der Waals surface area contributed by atoms with Crippen molar-refractivity contribution >= 4 is 34.1 Å². The number of hydrogen-bond donors (Lipinski definition) is 2. The van der Waals surface area contributed by atoms with Gasteiger partial charge in [-0.1, -0.05) is 25.2 Å². The van der Waals surface area contributed by atoms with Crippen LogP contribution in [0, 0.1) is 5.92 Å². The third-order valence-corrected chi connectivity index (χ3v) is 3.64. The lowest BCUT2D eigenvalue weighted by Gasteiger charge is -2.00. The van der Waals surface area contributed by atoms with Gasteiger partial charge in [-0.2, -0.15) is 11.8 Å². The minimum absolute atomic E-state index is 0.0457. The predicted octanol–water partition coefficient (Wildman–Crippen LogP) is 1.37. The number of thioether (sulfide) groups is 1. The molecule has 0 saturated carbocycles. The summed E-state index contributed by atoms with van der Waals surface area (Å²) in [5, 5.41) is 12.3. The maximum Gasteiger partial charge on any atom is 0.236 e. The molecular formula is C10H18N4OS2. The van der Waals surface area contributed by atoms with Crippen LogP contribution >= 0.6 is 23.1 Å². The van der Waals surface area contributed by atoms with Crippen molar-refractivity contribution in [2.75, 3.05) is 23.4 Å². The van der Waals surface area contributed by atoms with Gasteiger partial charge in [0.15, 0.2) is 0 Å². The van der Waals surface area contributed by atoms with Gasteiger partial charge in [-0.05, 0) is 5.92 Å². The second-order valence-electron chi connectivity index (χ2n) is 3.99. The number of nitrogens with one attached hydrogen (secondary N) is 1. The van der Waals surface area contributed by atoms with Crippen LogP contribution in [0.15, 0.2) is 0 Å². The summed E-state index contributed by atoms with van der Waals surface area (Å²) in [5.74, 6) is 1.71. The average Bonchev–Trinajstić information content (AvgIpc) is 2.64. The van der Waals surface area contributed by atoms with Crippen molar-refractivity contribution in [1.82, 2.24) is 10.2 Å². The van der Waals surface area contributed by atoms with Gasteiger partial charge in [-0.25, -0.2) is 0 Å². The van der Waals surface area contributed by atoms with E-state index in [1.54, 1.807) is 0 Å². The van der Waals surface area contributed by atoms with E-state index in [4.69, 9.17) is 5.73 Å². The van der Waals surface area contributed by atoms with Crippen molar-refractivity contribution in [3.63, 3.8) is 0 Å². The molecule has 7 heteroatoms. The summed E-state index contributed by atoms with van der Waals surface area (Å²) in [4.78, 5) is 11.5. The van der Waals surface area contributed by atoms with E-state index >= 15 is 0 Å². The van der Waals surface area contributed by atoms with Crippen LogP contribution in [-0.2, 0) is 11.2 Å². The lowest BCUT2D eigenvalue weighted by Crippen LogP contribution is -2.15. The highest BCUT2D eigenvalue weighted by Gasteiger charge is 2.09. The van der Waals surface area contributed by atoms with Crippen LogP contribution in [0.3, 0.4) is 0 Å². The van der Waals surface area contributed by atoms with E-state index in [1.807, 2.05) is 0 Å². The van der Waals surface area contributed by atoms with Gasteiger partial charge in [0.05, 0.1) is 5.75 Å². The molecule has 1 aromatic rings. The Bertz CT molecular complexity index is 354. The molecule has 5 nitrogen and oxygen atoms in total. The first-order valence-electron chi connectivity index (χ1n) is 5.52. The van der Waals surface area contributed by atoms with E-state index in [0.717, 1.165) is 17.2 Å². The normalized spacial score (nSPS) is 10.8. The summed E-state index contributed by atoms with van der Waals surface area (Å²) in [5.41, 5.74) is 5.34. The third-order valence-electron chi connectivity index (χ3n) is 1.79. The summed E-state index contributed by atoms with van der Waals surface area (Å²) in [6.45, 7) is 4.85. The SMILES string of the molecule is CC(C)Cc1nnc(NC(=O)CSCCN)s1. The maximum absolute atomic E-state index is 11.5. The number of rotatable bonds is 7. The third kappa shape index (κ3) is 5.99. The number of nitrogens with zero attached hydrogens (tertiary/aromatic N) is 2. The molecule has 0 fully saturated rings. The summed E-state index contributed by atoms with van der Waals surface area (Å²) in [6, 6.07) is 0. The van der Waals surface area contributed by atoms with Crippen molar-refractivity contribution in [2.24, 2.45) is 11.7 Å². The molecule has 1 amide bonds. The Kier molecular flexibility index (Phi) is 6.46. The van der Waals surface area contributed by atoms with E-state index in [2.05, 4.69) is 29.4 Å². The van der Waals surface area contributed by atoms with Gasteiger partial charge < -0.3 is 5.73 Å². The molecule has 0 unspecified atom stereocenters. The maximum atomic E-state index is 11.5. The van der Waals surface area contributed by atoms with Crippen molar-refractivity contribution in [1.29, 1.82) is 0 Å². The second-order valence-corrected chi connectivity index (χ2v) is 6.16. The standard InChI is InChI=1S/C10H18N4OS2/c1-7(2)5-9-13-14-10(17-9)12-8(15)6-16-4-3-11/h7H,3-6,11H2,1-2H3,(H,12,14,15). The van der Waals surface area contributed by atoms with Crippen LogP contribution < -0.4 is 11.1 Å². The molecule has 0 spiro atoms. The minimum Gasteiger partial charge on any atom is -0.330 e. The molecule has 0 aliphatic rings. The lowest BCUT2D eigenvalue weighted by atomic mass is 10.1. The van der Waals surface area contributed by atoms with E-state index in [0.29, 0.717) is 23.3 Å². The summed E-state index contributed by atoms with van der Waals surface area (Å²) in [7, 11) is 0. The first-order chi connectivity index (χ1) is 8.11. The quantitative estimate of drug-likeness (QED) is 0.734. The molecule has 0 aliphatic carbocycles. The number of carbonyl (C=O) groups is 1. The highest BCUT2D eigenvalue weighted by Crippen LogP contribution is 2.18. The Labute approximate surface area is 110 Å². The number of nitrogens with two attached hydrogens (primary N) is 1. The predicted molar refractivity (Wildman–Crippen MR) is 73.5 cm³/mol. The van der Waals surface area contributed by atoms with Crippen molar-refractivity contribution in [3.8, 4) is 0 Å². The van der Waals surface area contributed by atoms with E-state index in [9.17, 15) is 4.79 Å². The fourth-order valence-electron chi connectivity index (χ4n) is 1.14. The van der Waals surface area contributed by atoms with E-state index < -0.39 is 0 Å². The highest BCUT2D eigenvalue weighted by molar-refractivity contribution is 7.99. The number of aromatic nitrogens is 2. The molecule has 1 aromatic heterocycles. The number of anilines is 1. The van der Waals surface area contributed by atoms with Gasteiger partial charge in [0.2, 0.25) is 11.0 Å². The van der Waals surface area contributed by atoms with E-state index in [-0.39, 0.29) is 5.91 Å². The molecule has 0 atom stereocenters. The first kappa shape index (κ1) is 14.4. The van der Waals surface area contributed by atoms with Gasteiger partial charge in [0.1, 0.15) is 5.01 Å². The molecule has 1 heterocycles. The molecule has 3 N–H and O–H groups in total. The monoisotopic (exact) mass is 274 g/mol. The molecular weight excluding hydrogens is 256 g/mol. The van der Waals surface area contributed by atoms with Crippen molar-refractivity contribution < 1.29 is 4.79 Å². The number of hydrogen-bond acceptors (Lipinski definition) is 6. The van der Waals surface area contributed by atoms with Gasteiger partial charge in [0, 0.05) is 18.7 Å². The summed E-state index contributed by atoms with van der Waals surface area (Å²) in [6.07, 6.45) is 0.898. The fourth-order valence-corrected chi connectivity index (χ4v) is 2.68. The van der Waals surface area contributed by atoms with Crippen LogP contribution in [0.2, 0.25) is 0 Å². The van der Waals surface area contributed by atoms with Gasteiger partial charge in [-0.15, -0.1) is 10.2 Å². The molecule has 96 valence electrons. The topological polar surface area (TPSA) is 80.9 Å². The Morgan fingerprint density at radius 2 is 2.29 bits per heavy atom. The van der Waals surface area contributed by atoms with Crippen molar-refractivity contribution in [3.05, 3.63) is 5.01 Å². The first-order valence-corrected chi connectivity index (χ1v) is 7.49. The Balaban J connectivity index is 2.35. The van der Waals surface area contributed by atoms with Crippen LogP contribution in [-0.4, -0.2) is 34.2 Å². The zero-order valence-electron chi connectivity index (χ0n) is 10.1. The smallest absolute Gasteiger partial charge is 0.236 e. The zero-order chi connectivity index (χ0) is 12.7. The molecule has 0 saturated heterocycles. The largest absolute Gasteiger partial charge is 0.330 e. The van der Waals surface area contributed by atoms with Gasteiger partial charge >= 0.3 is 0 Å². The average molecular weight is 274 g/mol. The minimum atomic E-state index is -0.0457. The number of amides is 1. The molecule has 0 aliphatic heterocycles.